The van der Waals surface area contributed by atoms with Crippen molar-refractivity contribution in [2.45, 2.75) is 19.6 Å². The van der Waals surface area contributed by atoms with Crippen molar-refractivity contribution in [3.8, 4) is 0 Å². The number of nitrogens with zero attached hydrogens (tertiary/aromatic N) is 5. The van der Waals surface area contributed by atoms with E-state index in [4.69, 9.17) is 5.84 Å². The predicted octanol–water partition coefficient (Wildman–Crippen LogP) is 1.23. The summed E-state index contributed by atoms with van der Waals surface area (Å²) in [4.78, 5) is 12.8. The number of carbonyl (C=O) groups excluding carboxylic acids is 1. The minimum Gasteiger partial charge on any atom is -0.367 e. The van der Waals surface area contributed by atoms with E-state index in [0.29, 0.717) is 11.4 Å². The first-order valence-electron chi connectivity index (χ1n) is 7.79. The van der Waals surface area contributed by atoms with Crippen molar-refractivity contribution in [3.05, 3.63) is 53.9 Å². The summed E-state index contributed by atoms with van der Waals surface area (Å²) in [5, 5.41) is 25.3. The largest absolute Gasteiger partial charge is 0.367 e. The van der Waals surface area contributed by atoms with Crippen LogP contribution in [0.1, 0.15) is 22.6 Å². The van der Waals surface area contributed by atoms with Crippen LogP contribution in [-0.2, 0) is 0 Å². The fourth-order valence-electron chi connectivity index (χ4n) is 2.93. The van der Waals surface area contributed by atoms with Gasteiger partial charge in [0.2, 0.25) is 0 Å². The number of benzene rings is 2. The van der Waals surface area contributed by atoms with Crippen LogP contribution in [0.15, 0.2) is 47.6 Å². The Kier molecular flexibility index (Phi) is 3.56. The summed E-state index contributed by atoms with van der Waals surface area (Å²) in [6, 6.07) is 13.2. The zero-order valence-corrected chi connectivity index (χ0v) is 13.5. The zero-order chi connectivity index (χ0) is 17.6. The Bertz CT molecular complexity index is 1000. The predicted molar refractivity (Wildman–Crippen MR) is 93.2 cm³/mol. The number of carbonyl (C=O) groups is 1. The van der Waals surface area contributed by atoms with Gasteiger partial charge in [0.1, 0.15) is 0 Å². The van der Waals surface area contributed by atoms with Crippen LogP contribution in [0.5, 0.6) is 0 Å². The van der Waals surface area contributed by atoms with Crippen molar-refractivity contribution in [1.82, 2.24) is 14.9 Å². The Morgan fingerprint density at radius 3 is 2.80 bits per heavy atom. The van der Waals surface area contributed by atoms with Crippen LogP contribution >= 0.6 is 0 Å². The summed E-state index contributed by atoms with van der Waals surface area (Å²) in [5.41, 5.74) is 0.832. The van der Waals surface area contributed by atoms with E-state index in [-0.39, 0.29) is 23.9 Å². The molecule has 4 rings (SSSR count). The number of Topliss-reactive ketones (excluding diaryl/α,β-unsaturated/α-hetero) is 1. The summed E-state index contributed by atoms with van der Waals surface area (Å²) in [6.07, 6.45) is -1.28. The second kappa shape index (κ2) is 5.76. The van der Waals surface area contributed by atoms with Gasteiger partial charge in [0, 0.05) is 5.56 Å². The molecule has 2 heterocycles. The SMILES string of the molecule is Cc1nnc2n1N=C(CC(=O)c1cccc3ccccc13)[C@H](O)N2N. The van der Waals surface area contributed by atoms with Crippen LogP contribution in [0.4, 0.5) is 5.95 Å². The number of aliphatic hydroxyl groups is 1. The van der Waals surface area contributed by atoms with Gasteiger partial charge < -0.3 is 5.11 Å². The Morgan fingerprint density at radius 2 is 1.96 bits per heavy atom. The number of aryl methyl sites for hydroxylation is 1. The number of rotatable bonds is 3. The van der Waals surface area contributed by atoms with Crippen molar-refractivity contribution >= 4 is 28.2 Å². The number of hydrazine groups is 1. The second-order valence-corrected chi connectivity index (χ2v) is 5.86. The third-order valence-corrected chi connectivity index (χ3v) is 4.23. The smallest absolute Gasteiger partial charge is 0.265 e. The van der Waals surface area contributed by atoms with Gasteiger partial charge in [-0.2, -0.15) is 9.78 Å². The molecule has 0 fully saturated rings. The van der Waals surface area contributed by atoms with E-state index >= 15 is 0 Å². The van der Waals surface area contributed by atoms with Gasteiger partial charge in [-0.3, -0.25) is 4.79 Å². The average molecular weight is 336 g/mol. The van der Waals surface area contributed by atoms with E-state index in [2.05, 4.69) is 15.3 Å². The Hall–Kier alpha value is -3.10. The highest BCUT2D eigenvalue weighted by atomic mass is 16.3. The number of hydrogen-bond acceptors (Lipinski definition) is 7. The van der Waals surface area contributed by atoms with E-state index in [1.165, 1.54) is 4.68 Å². The molecule has 1 atom stereocenters. The highest BCUT2D eigenvalue weighted by Crippen LogP contribution is 2.23. The van der Waals surface area contributed by atoms with E-state index < -0.39 is 6.23 Å². The summed E-state index contributed by atoms with van der Waals surface area (Å²) >= 11 is 0. The molecule has 0 radical (unpaired) electrons. The van der Waals surface area contributed by atoms with Gasteiger partial charge in [0.25, 0.3) is 5.95 Å². The Labute approximate surface area is 143 Å². The molecule has 8 nitrogen and oxygen atoms in total. The number of ketones is 1. The number of fused-ring (bicyclic) bond motifs is 2. The molecule has 3 N–H and O–H groups in total. The second-order valence-electron chi connectivity index (χ2n) is 5.86. The summed E-state index contributed by atoms with van der Waals surface area (Å²) < 4.78 is 1.42. The minimum absolute atomic E-state index is 0.0556. The Morgan fingerprint density at radius 1 is 1.20 bits per heavy atom. The molecule has 1 aliphatic rings. The first-order valence-corrected chi connectivity index (χ1v) is 7.79. The van der Waals surface area contributed by atoms with Crippen LogP contribution in [-0.4, -0.2) is 37.7 Å². The van der Waals surface area contributed by atoms with Gasteiger partial charge >= 0.3 is 0 Å². The summed E-state index contributed by atoms with van der Waals surface area (Å²) in [5.74, 6) is 6.47. The molecule has 0 unspecified atom stereocenters. The molecule has 3 aromatic rings. The molecular weight excluding hydrogens is 320 g/mol. The van der Waals surface area contributed by atoms with Crippen LogP contribution in [0.3, 0.4) is 0 Å². The number of hydrogen-bond donors (Lipinski definition) is 2. The van der Waals surface area contributed by atoms with Crippen LogP contribution in [0.2, 0.25) is 0 Å². The molecule has 126 valence electrons. The maximum Gasteiger partial charge on any atom is 0.265 e. The van der Waals surface area contributed by atoms with E-state index in [1.54, 1.807) is 13.0 Å². The quantitative estimate of drug-likeness (QED) is 0.550. The monoisotopic (exact) mass is 336 g/mol. The maximum atomic E-state index is 12.8. The maximum absolute atomic E-state index is 12.8. The number of anilines is 1. The molecule has 0 saturated heterocycles. The third kappa shape index (κ3) is 2.48. The lowest BCUT2D eigenvalue weighted by Crippen LogP contribution is -2.50. The van der Waals surface area contributed by atoms with Gasteiger partial charge in [0.15, 0.2) is 17.8 Å². The fourth-order valence-corrected chi connectivity index (χ4v) is 2.93. The lowest BCUT2D eigenvalue weighted by molar-refractivity contribution is 0.0996. The van der Waals surface area contributed by atoms with Crippen molar-refractivity contribution in [2.75, 3.05) is 5.01 Å². The highest BCUT2D eigenvalue weighted by molar-refractivity contribution is 6.16. The van der Waals surface area contributed by atoms with E-state index in [9.17, 15) is 9.90 Å². The van der Waals surface area contributed by atoms with Crippen molar-refractivity contribution in [2.24, 2.45) is 10.9 Å². The molecule has 1 aliphatic heterocycles. The van der Waals surface area contributed by atoms with Gasteiger partial charge in [-0.1, -0.05) is 42.5 Å². The van der Waals surface area contributed by atoms with Gasteiger partial charge in [-0.05, 0) is 17.7 Å². The zero-order valence-electron chi connectivity index (χ0n) is 13.5. The minimum atomic E-state index is -1.23. The molecule has 1 aromatic heterocycles. The first kappa shape index (κ1) is 15.4. The van der Waals surface area contributed by atoms with E-state index in [0.717, 1.165) is 15.8 Å². The Balaban J connectivity index is 1.71. The summed E-state index contributed by atoms with van der Waals surface area (Å²) in [7, 11) is 0. The molecule has 0 saturated carbocycles. The molecule has 0 bridgehead atoms. The van der Waals surface area contributed by atoms with Gasteiger partial charge in [0.05, 0.1) is 12.1 Å². The molecule has 2 aromatic carbocycles. The number of aromatic nitrogens is 3. The normalized spacial score (nSPS) is 16.7. The van der Waals surface area contributed by atoms with E-state index in [1.807, 2.05) is 36.4 Å². The number of aliphatic hydroxyl groups excluding tert-OH is 1. The van der Waals surface area contributed by atoms with Crippen molar-refractivity contribution in [3.63, 3.8) is 0 Å². The number of nitrogens with two attached hydrogens (primary N) is 1. The standard InChI is InChI=1S/C17H16N6O2/c1-10-19-20-17-22(18)16(25)14(21-23(10)17)9-15(24)13-8-4-6-11-5-2-3-7-12(11)13/h2-8,16,25H,9,18H2,1H3/t16-/m0/s1. The average Bonchev–Trinajstić information content (AvgIpc) is 3.00. The third-order valence-electron chi connectivity index (χ3n) is 4.23. The van der Waals surface area contributed by atoms with Crippen LogP contribution < -0.4 is 10.9 Å². The molecule has 0 spiro atoms. The lowest BCUT2D eigenvalue weighted by atomic mass is 9.98. The topological polar surface area (TPSA) is 110 Å². The van der Waals surface area contributed by atoms with Crippen LogP contribution in [0.25, 0.3) is 10.8 Å². The van der Waals surface area contributed by atoms with Crippen LogP contribution in [0, 0.1) is 6.92 Å². The molecule has 8 heteroatoms. The lowest BCUT2D eigenvalue weighted by Gasteiger charge is -2.28. The molecular formula is C17H16N6O2. The van der Waals surface area contributed by atoms with Gasteiger partial charge in [-0.15, -0.1) is 10.2 Å². The highest BCUT2D eigenvalue weighted by Gasteiger charge is 2.31. The summed E-state index contributed by atoms with van der Waals surface area (Å²) in [6.45, 7) is 1.72. The fraction of sp³-hybridized carbons (Fsp3) is 0.176. The molecule has 0 amide bonds. The van der Waals surface area contributed by atoms with Gasteiger partial charge in [-0.25, -0.2) is 10.9 Å². The van der Waals surface area contributed by atoms with Crippen molar-refractivity contribution in [1.29, 1.82) is 0 Å². The van der Waals surface area contributed by atoms with Crippen molar-refractivity contribution < 1.29 is 9.90 Å². The molecule has 25 heavy (non-hydrogen) atoms. The molecule has 0 aliphatic carbocycles. The first-order chi connectivity index (χ1) is 12.1.